The van der Waals surface area contributed by atoms with Crippen LogP contribution in [0.5, 0.6) is 0 Å². The Hall–Kier alpha value is 0.864. The van der Waals surface area contributed by atoms with E-state index in [1.54, 1.807) is 0 Å². The third-order valence-electron chi connectivity index (χ3n) is 6.36. The molecule has 0 N–H and O–H groups in total. The molecule has 0 spiro atoms. The molecule has 1 heterocycles. The van der Waals surface area contributed by atoms with Gasteiger partial charge in [-0.25, -0.2) is 0 Å². The van der Waals surface area contributed by atoms with E-state index in [1.807, 2.05) is 0 Å². The second kappa shape index (κ2) is 4.86. The Bertz CT molecular complexity index is 231. The van der Waals surface area contributed by atoms with Gasteiger partial charge in [0.2, 0.25) is 0 Å². The summed E-state index contributed by atoms with van der Waals surface area (Å²) in [5, 5.41) is 0.533. The SMILES string of the molecule is CC(C)C(C)(C)B1C[C@@H](C)[Sn]([CH3])([CH3])[C@@H](C)C1. The van der Waals surface area contributed by atoms with Crippen molar-refractivity contribution in [2.75, 3.05) is 0 Å². The van der Waals surface area contributed by atoms with Crippen LogP contribution < -0.4 is 0 Å². The average molecular weight is 329 g/mol. The Morgan fingerprint density at radius 2 is 1.44 bits per heavy atom. The van der Waals surface area contributed by atoms with E-state index < -0.39 is 18.4 Å². The first-order valence-electron chi connectivity index (χ1n) is 7.10. The second-order valence-electron chi connectivity index (χ2n) is 7.77. The van der Waals surface area contributed by atoms with Gasteiger partial charge in [-0.2, -0.15) is 0 Å². The van der Waals surface area contributed by atoms with Gasteiger partial charge >= 0.3 is 108 Å². The van der Waals surface area contributed by atoms with E-state index >= 15 is 0 Å². The second-order valence-corrected chi connectivity index (χ2v) is 23.8. The maximum atomic E-state index is 2.67. The van der Waals surface area contributed by atoms with Crippen molar-refractivity contribution in [1.82, 2.24) is 0 Å². The summed E-state index contributed by atoms with van der Waals surface area (Å²) in [6, 6.07) is 0. The van der Waals surface area contributed by atoms with Crippen LogP contribution in [0.2, 0.25) is 35.7 Å². The fourth-order valence-electron chi connectivity index (χ4n) is 3.12. The first-order chi connectivity index (χ1) is 7.10. The molecule has 0 aliphatic carbocycles. The van der Waals surface area contributed by atoms with Gasteiger partial charge in [-0.15, -0.1) is 0 Å². The van der Waals surface area contributed by atoms with Gasteiger partial charge in [-0.05, 0) is 0 Å². The first-order valence-corrected chi connectivity index (χ1v) is 16.1. The van der Waals surface area contributed by atoms with Crippen molar-refractivity contribution >= 4 is 25.1 Å². The number of rotatable bonds is 2. The molecule has 16 heavy (non-hydrogen) atoms. The molecule has 0 aromatic carbocycles. The van der Waals surface area contributed by atoms with E-state index in [2.05, 4.69) is 51.4 Å². The summed E-state index contributed by atoms with van der Waals surface area (Å²) in [6.45, 7) is 15.9. The molecule has 0 nitrogen and oxygen atoms in total. The maximum absolute atomic E-state index is 2.67. The first kappa shape index (κ1) is 14.9. The van der Waals surface area contributed by atoms with Crippen molar-refractivity contribution in [3.05, 3.63) is 0 Å². The van der Waals surface area contributed by atoms with E-state index in [1.165, 1.54) is 12.6 Å². The molecule has 1 fully saturated rings. The molecule has 94 valence electrons. The molecule has 1 aliphatic rings. The summed E-state index contributed by atoms with van der Waals surface area (Å²) < 4.78 is 2.14. The molecule has 2 atom stereocenters. The van der Waals surface area contributed by atoms with Gasteiger partial charge in [-0.1, -0.05) is 0 Å². The van der Waals surface area contributed by atoms with Crippen LogP contribution >= 0.6 is 0 Å². The summed E-state index contributed by atoms with van der Waals surface area (Å²) in [7, 11) is 0. The summed E-state index contributed by atoms with van der Waals surface area (Å²) in [5.41, 5.74) is 0. The van der Waals surface area contributed by atoms with Crippen molar-refractivity contribution in [3.63, 3.8) is 0 Å². The van der Waals surface area contributed by atoms with Gasteiger partial charge in [-0.3, -0.25) is 0 Å². The molecule has 0 amide bonds. The van der Waals surface area contributed by atoms with Crippen LogP contribution in [0, 0.1) is 5.92 Å². The molecule has 0 radical (unpaired) electrons. The Morgan fingerprint density at radius 3 is 1.75 bits per heavy atom. The molecule has 2 heteroatoms. The molecule has 1 rings (SSSR count). The van der Waals surface area contributed by atoms with Crippen molar-refractivity contribution in [2.45, 2.75) is 77.2 Å². The van der Waals surface area contributed by atoms with Crippen molar-refractivity contribution in [3.8, 4) is 0 Å². The van der Waals surface area contributed by atoms with Crippen molar-refractivity contribution in [2.24, 2.45) is 5.92 Å². The molecule has 0 aromatic heterocycles. The number of hydrogen-bond acceptors (Lipinski definition) is 0. The monoisotopic (exact) mass is 330 g/mol. The zero-order valence-corrected chi connectivity index (χ0v) is 15.6. The third kappa shape index (κ3) is 2.65. The van der Waals surface area contributed by atoms with Crippen LogP contribution in [0.25, 0.3) is 0 Å². The molecular formula is C14H31BSn. The molecule has 0 unspecified atom stereocenters. The van der Waals surface area contributed by atoms with Gasteiger partial charge in [0.1, 0.15) is 0 Å². The zero-order chi connectivity index (χ0) is 12.7. The predicted octanol–water partition coefficient (Wildman–Crippen LogP) is 5.42. The van der Waals surface area contributed by atoms with Crippen molar-refractivity contribution < 1.29 is 0 Å². The van der Waals surface area contributed by atoms with Crippen LogP contribution in [0.4, 0.5) is 0 Å². The molecule has 1 saturated heterocycles. The summed E-state index contributed by atoms with van der Waals surface area (Å²) in [6.07, 6.45) is 3.02. The Labute approximate surface area is 108 Å². The van der Waals surface area contributed by atoms with Gasteiger partial charge in [0.25, 0.3) is 0 Å². The Balaban J connectivity index is 2.83. The fraction of sp³-hybridized carbons (Fsp3) is 1.00. The average Bonchev–Trinajstić information content (AvgIpc) is 2.13. The topological polar surface area (TPSA) is 0 Å². The van der Waals surface area contributed by atoms with Gasteiger partial charge < -0.3 is 0 Å². The molecule has 0 bridgehead atoms. The van der Waals surface area contributed by atoms with Crippen LogP contribution in [-0.2, 0) is 0 Å². The predicted molar refractivity (Wildman–Crippen MR) is 80.6 cm³/mol. The van der Waals surface area contributed by atoms with Crippen LogP contribution in [-0.4, -0.2) is 25.1 Å². The van der Waals surface area contributed by atoms with Gasteiger partial charge in [0.15, 0.2) is 0 Å². The standard InChI is InChI=1S/C12H25B.2CH3.Sn/c1-7-9-13(10-8-2)12(5,6)11(3)4;;;/h7-8,11H,9-10H2,1-6H3;2*1H3;. The summed E-state index contributed by atoms with van der Waals surface area (Å²) in [4.78, 5) is 5.34. The van der Waals surface area contributed by atoms with E-state index in [9.17, 15) is 0 Å². The third-order valence-corrected chi connectivity index (χ3v) is 22.2. The fourth-order valence-corrected chi connectivity index (χ4v) is 11.0. The number of hydrogen-bond donors (Lipinski definition) is 0. The molecule has 0 saturated carbocycles. The van der Waals surface area contributed by atoms with Gasteiger partial charge in [0, 0.05) is 0 Å². The van der Waals surface area contributed by atoms with E-state index in [4.69, 9.17) is 0 Å². The summed E-state index contributed by atoms with van der Waals surface area (Å²) in [5.74, 6) is 0.813. The molecule has 0 aromatic rings. The minimum atomic E-state index is -1.71. The van der Waals surface area contributed by atoms with Crippen LogP contribution in [0.3, 0.4) is 0 Å². The quantitative estimate of drug-likeness (QED) is 0.594. The van der Waals surface area contributed by atoms with E-state index in [0.29, 0.717) is 5.31 Å². The van der Waals surface area contributed by atoms with E-state index in [-0.39, 0.29) is 0 Å². The van der Waals surface area contributed by atoms with Crippen molar-refractivity contribution in [1.29, 1.82) is 0 Å². The van der Waals surface area contributed by atoms with Gasteiger partial charge in [0.05, 0.1) is 0 Å². The molecule has 1 aliphatic heterocycles. The van der Waals surface area contributed by atoms with Crippen LogP contribution in [0.15, 0.2) is 0 Å². The van der Waals surface area contributed by atoms with Crippen LogP contribution in [0.1, 0.15) is 41.5 Å². The Kier molecular flexibility index (Phi) is 4.53. The summed E-state index contributed by atoms with van der Waals surface area (Å²) >= 11 is -1.71. The van der Waals surface area contributed by atoms with E-state index in [0.717, 1.165) is 20.5 Å². The minimum absolute atomic E-state index is 0.533. The normalized spacial score (nSPS) is 30.9. The Morgan fingerprint density at radius 1 is 1.06 bits per heavy atom. The molecular weight excluding hydrogens is 298 g/mol. The zero-order valence-electron chi connectivity index (χ0n) is 12.7.